The van der Waals surface area contributed by atoms with Gasteiger partial charge in [-0.25, -0.2) is 0 Å². The number of hydrogen-bond acceptors (Lipinski definition) is 5. The maximum absolute atomic E-state index is 11.9. The lowest BCUT2D eigenvalue weighted by atomic mass is 10.2. The molecule has 8 heteroatoms. The van der Waals surface area contributed by atoms with Gasteiger partial charge < -0.3 is 15.2 Å². The first kappa shape index (κ1) is 19.2. The Hall–Kier alpha value is -1.57. The summed E-state index contributed by atoms with van der Waals surface area (Å²) in [6.45, 7) is 0.232. The minimum absolute atomic E-state index is 0.141. The summed E-state index contributed by atoms with van der Waals surface area (Å²) in [5, 5.41) is 15.9. The Morgan fingerprint density at radius 1 is 1.19 bits per heavy atom. The van der Waals surface area contributed by atoms with Crippen LogP contribution in [0, 0.1) is 0 Å². The quantitative estimate of drug-likeness (QED) is 0.563. The van der Waals surface area contributed by atoms with Crippen molar-refractivity contribution in [3.8, 4) is 5.75 Å². The predicted molar refractivity (Wildman–Crippen MR) is 107 cm³/mol. The van der Waals surface area contributed by atoms with Gasteiger partial charge in [0.2, 0.25) is 0 Å². The summed E-state index contributed by atoms with van der Waals surface area (Å²) < 4.78 is 5.40. The second-order valence-corrected chi connectivity index (χ2v) is 8.38. The molecule has 1 unspecified atom stereocenters. The van der Waals surface area contributed by atoms with E-state index in [-0.39, 0.29) is 12.5 Å². The number of rotatable bonds is 7. The number of aliphatic hydroxyl groups excluding tert-OH is 1. The van der Waals surface area contributed by atoms with Crippen molar-refractivity contribution >= 4 is 51.8 Å². The topological polar surface area (TPSA) is 58.6 Å². The summed E-state index contributed by atoms with van der Waals surface area (Å²) in [6.07, 6.45) is -0.625. The Morgan fingerprint density at radius 3 is 2.77 bits per heavy atom. The second kappa shape index (κ2) is 8.88. The van der Waals surface area contributed by atoms with Crippen molar-refractivity contribution in [2.24, 2.45) is 0 Å². The lowest BCUT2D eigenvalue weighted by Gasteiger charge is -2.08. The van der Waals surface area contributed by atoms with Crippen LogP contribution in [0.25, 0.3) is 0 Å². The Kier molecular flexibility index (Phi) is 6.56. The summed E-state index contributed by atoms with van der Waals surface area (Å²) in [5.74, 6) is 0.147. The highest BCUT2D eigenvalue weighted by molar-refractivity contribution is 7.12. The van der Waals surface area contributed by atoms with E-state index in [0.29, 0.717) is 22.3 Å². The molecule has 0 aliphatic heterocycles. The number of benzene rings is 1. The monoisotopic (exact) mass is 427 g/mol. The standard InChI is InChI=1S/C18H15Cl2NO3S2/c19-11-3-5-14(13(20)8-11)24-10-17(22)21-9-12-4-6-16(26-12)18(23)15-2-1-7-25-15/h1-8,18,23H,9-10H2,(H,21,22). The number of hydrogen-bond donors (Lipinski definition) is 2. The third-order valence-corrected chi connectivity index (χ3v) is 6.07. The largest absolute Gasteiger partial charge is 0.482 e. The maximum Gasteiger partial charge on any atom is 0.258 e. The molecular formula is C18H15Cl2NO3S2. The third-order valence-electron chi connectivity index (χ3n) is 3.48. The van der Waals surface area contributed by atoms with Crippen LogP contribution in [0.15, 0.2) is 47.8 Å². The van der Waals surface area contributed by atoms with Gasteiger partial charge in [0, 0.05) is 19.7 Å². The molecule has 0 bridgehead atoms. The lowest BCUT2D eigenvalue weighted by molar-refractivity contribution is -0.123. The summed E-state index contributed by atoms with van der Waals surface area (Å²) >= 11 is 14.8. The van der Waals surface area contributed by atoms with Gasteiger partial charge in [0.1, 0.15) is 11.9 Å². The summed E-state index contributed by atoms with van der Waals surface area (Å²) in [7, 11) is 0. The maximum atomic E-state index is 11.9. The first-order chi connectivity index (χ1) is 12.5. The zero-order chi connectivity index (χ0) is 18.5. The molecule has 4 nitrogen and oxygen atoms in total. The fraction of sp³-hybridized carbons (Fsp3) is 0.167. The Balaban J connectivity index is 1.49. The van der Waals surface area contributed by atoms with Gasteiger partial charge in [0.05, 0.1) is 11.6 Å². The molecule has 0 spiro atoms. The van der Waals surface area contributed by atoms with E-state index < -0.39 is 6.10 Å². The molecule has 1 aromatic carbocycles. The van der Waals surface area contributed by atoms with Crippen molar-refractivity contribution in [2.75, 3.05) is 6.61 Å². The summed E-state index contributed by atoms with van der Waals surface area (Å²) in [4.78, 5) is 14.6. The highest BCUT2D eigenvalue weighted by Crippen LogP contribution is 2.31. The van der Waals surface area contributed by atoms with Crippen LogP contribution in [0.2, 0.25) is 10.0 Å². The van der Waals surface area contributed by atoms with Crippen molar-refractivity contribution in [1.82, 2.24) is 5.32 Å². The Labute approximate surface area is 169 Å². The Morgan fingerprint density at radius 2 is 2.04 bits per heavy atom. The zero-order valence-electron chi connectivity index (χ0n) is 13.4. The molecule has 0 fully saturated rings. The molecule has 26 heavy (non-hydrogen) atoms. The number of halogens is 2. The molecule has 0 radical (unpaired) electrons. The van der Waals surface area contributed by atoms with Crippen molar-refractivity contribution in [3.63, 3.8) is 0 Å². The fourth-order valence-electron chi connectivity index (χ4n) is 2.20. The van der Waals surface area contributed by atoms with Gasteiger partial charge in [0.25, 0.3) is 5.91 Å². The van der Waals surface area contributed by atoms with E-state index >= 15 is 0 Å². The van der Waals surface area contributed by atoms with Gasteiger partial charge in [-0.2, -0.15) is 0 Å². The fourth-order valence-corrected chi connectivity index (χ4v) is 4.42. The van der Waals surface area contributed by atoms with E-state index in [0.717, 1.165) is 14.6 Å². The second-order valence-electron chi connectivity index (χ2n) is 5.36. The predicted octanol–water partition coefficient (Wildman–Crippen LogP) is 4.89. The van der Waals surface area contributed by atoms with Crippen LogP contribution in [0.4, 0.5) is 0 Å². The number of nitrogens with one attached hydrogen (secondary N) is 1. The molecule has 2 heterocycles. The molecule has 3 rings (SSSR count). The number of aliphatic hydroxyl groups is 1. The van der Waals surface area contributed by atoms with E-state index in [1.54, 1.807) is 18.2 Å². The number of carbonyl (C=O) groups is 1. The molecule has 0 saturated carbocycles. The molecule has 2 N–H and O–H groups in total. The summed E-state index contributed by atoms with van der Waals surface area (Å²) in [6, 6.07) is 12.4. The van der Waals surface area contributed by atoms with Gasteiger partial charge >= 0.3 is 0 Å². The molecule has 2 aromatic heterocycles. The molecule has 1 atom stereocenters. The van der Waals surface area contributed by atoms with Gasteiger partial charge in [0.15, 0.2) is 6.61 Å². The van der Waals surface area contributed by atoms with E-state index in [9.17, 15) is 9.90 Å². The van der Waals surface area contributed by atoms with Crippen molar-refractivity contribution in [1.29, 1.82) is 0 Å². The van der Waals surface area contributed by atoms with Crippen molar-refractivity contribution in [3.05, 3.63) is 72.5 Å². The molecule has 136 valence electrons. The van der Waals surface area contributed by atoms with Gasteiger partial charge in [-0.05, 0) is 41.8 Å². The SMILES string of the molecule is O=C(COc1ccc(Cl)cc1Cl)NCc1ccc(C(O)c2cccs2)s1. The van der Waals surface area contributed by atoms with Crippen LogP contribution in [-0.2, 0) is 11.3 Å². The van der Waals surface area contributed by atoms with E-state index in [1.165, 1.54) is 22.7 Å². The first-order valence-electron chi connectivity index (χ1n) is 7.67. The number of ether oxygens (including phenoxy) is 1. The molecule has 0 aliphatic carbocycles. The van der Waals surface area contributed by atoms with Crippen LogP contribution >= 0.6 is 45.9 Å². The number of thiophene rings is 2. The first-order valence-corrected chi connectivity index (χ1v) is 10.1. The molecule has 1 amide bonds. The average molecular weight is 428 g/mol. The molecule has 0 saturated heterocycles. The van der Waals surface area contributed by atoms with E-state index in [4.69, 9.17) is 27.9 Å². The van der Waals surface area contributed by atoms with Crippen LogP contribution in [0.1, 0.15) is 20.7 Å². The third kappa shape index (κ3) is 4.99. The smallest absolute Gasteiger partial charge is 0.258 e. The van der Waals surface area contributed by atoms with Gasteiger partial charge in [-0.15, -0.1) is 22.7 Å². The molecule has 0 aliphatic rings. The van der Waals surface area contributed by atoms with Crippen molar-refractivity contribution < 1.29 is 14.6 Å². The summed E-state index contributed by atoms with van der Waals surface area (Å²) in [5.41, 5.74) is 0. The van der Waals surface area contributed by atoms with Gasteiger partial charge in [-0.1, -0.05) is 29.3 Å². The van der Waals surface area contributed by atoms with Gasteiger partial charge in [-0.3, -0.25) is 4.79 Å². The van der Waals surface area contributed by atoms with E-state index in [2.05, 4.69) is 5.32 Å². The lowest BCUT2D eigenvalue weighted by Crippen LogP contribution is -2.28. The van der Waals surface area contributed by atoms with Crippen molar-refractivity contribution in [2.45, 2.75) is 12.6 Å². The zero-order valence-corrected chi connectivity index (χ0v) is 16.6. The normalized spacial score (nSPS) is 12.0. The highest BCUT2D eigenvalue weighted by Gasteiger charge is 2.14. The van der Waals surface area contributed by atoms with E-state index in [1.807, 2.05) is 29.6 Å². The highest BCUT2D eigenvalue weighted by atomic mass is 35.5. The average Bonchev–Trinajstić information content (AvgIpc) is 3.30. The number of carbonyl (C=O) groups excluding carboxylic acids is 1. The Bertz CT molecular complexity index is 880. The van der Waals surface area contributed by atoms with Crippen LogP contribution < -0.4 is 10.1 Å². The molecule has 3 aromatic rings. The molecular weight excluding hydrogens is 413 g/mol. The van der Waals surface area contributed by atoms with Crippen LogP contribution in [0.3, 0.4) is 0 Å². The minimum atomic E-state index is -0.625. The number of amides is 1. The minimum Gasteiger partial charge on any atom is -0.482 e. The van der Waals surface area contributed by atoms with Crippen LogP contribution in [-0.4, -0.2) is 17.6 Å². The van der Waals surface area contributed by atoms with Crippen LogP contribution in [0.5, 0.6) is 5.75 Å².